The molecular weight excluding hydrogens is 348 g/mol. The highest BCUT2D eigenvalue weighted by Gasteiger charge is 2.23. The summed E-state index contributed by atoms with van der Waals surface area (Å²) in [7, 11) is 4.44. The van der Waals surface area contributed by atoms with Gasteiger partial charge < -0.3 is 24.0 Å². The van der Waals surface area contributed by atoms with E-state index < -0.39 is 5.92 Å². The van der Waals surface area contributed by atoms with Crippen molar-refractivity contribution in [1.29, 1.82) is 0 Å². The molecule has 1 atom stereocenters. The van der Waals surface area contributed by atoms with Gasteiger partial charge in [-0.2, -0.15) is 0 Å². The van der Waals surface area contributed by atoms with Gasteiger partial charge in [0.2, 0.25) is 0 Å². The molecule has 7 heteroatoms. The Hall–Kier alpha value is -2.28. The van der Waals surface area contributed by atoms with Crippen molar-refractivity contribution in [2.24, 2.45) is 5.92 Å². The molecule has 0 fully saturated rings. The zero-order valence-electron chi connectivity index (χ0n) is 17.3. The van der Waals surface area contributed by atoms with Gasteiger partial charge in [0, 0.05) is 25.2 Å². The number of carbonyl (C=O) groups is 2. The van der Waals surface area contributed by atoms with Crippen LogP contribution in [0.3, 0.4) is 0 Å². The molecule has 0 aliphatic rings. The third-order valence-electron chi connectivity index (χ3n) is 4.60. The van der Waals surface area contributed by atoms with E-state index >= 15 is 0 Å². The number of amides is 1. The normalized spacial score (nSPS) is 11.8. The fraction of sp³-hybridized carbons (Fsp3) is 0.600. The summed E-state index contributed by atoms with van der Waals surface area (Å²) in [5, 5.41) is 0. The minimum atomic E-state index is -0.407. The zero-order valence-corrected chi connectivity index (χ0v) is 17.3. The second-order valence-corrected chi connectivity index (χ2v) is 6.27. The Balaban J connectivity index is 3.04. The van der Waals surface area contributed by atoms with Crippen LogP contribution >= 0.6 is 0 Å². The summed E-state index contributed by atoms with van der Waals surface area (Å²) in [6.07, 6.45) is 0. The van der Waals surface area contributed by atoms with Crippen molar-refractivity contribution in [3.63, 3.8) is 0 Å². The number of carbonyl (C=O) groups excluding carboxylic acids is 2. The number of hydrogen-bond acceptors (Lipinski definition) is 6. The topological polar surface area (TPSA) is 68.3 Å². The number of benzene rings is 1. The van der Waals surface area contributed by atoms with Crippen molar-refractivity contribution < 1.29 is 23.8 Å². The van der Waals surface area contributed by atoms with E-state index in [-0.39, 0.29) is 11.9 Å². The van der Waals surface area contributed by atoms with Gasteiger partial charge in [0.05, 0.1) is 27.2 Å². The van der Waals surface area contributed by atoms with Crippen LogP contribution in [0.4, 0.5) is 0 Å². The number of likely N-dealkylation sites (N-methyl/N-ethyl adjacent to an activating group) is 1. The van der Waals surface area contributed by atoms with E-state index in [0.717, 1.165) is 19.6 Å². The lowest BCUT2D eigenvalue weighted by Gasteiger charge is -2.28. The van der Waals surface area contributed by atoms with Crippen molar-refractivity contribution >= 4 is 11.9 Å². The predicted octanol–water partition coefficient (Wildman–Crippen LogP) is 2.30. The van der Waals surface area contributed by atoms with E-state index in [4.69, 9.17) is 14.2 Å². The van der Waals surface area contributed by atoms with E-state index in [0.29, 0.717) is 30.2 Å². The van der Waals surface area contributed by atoms with Gasteiger partial charge in [-0.3, -0.25) is 9.59 Å². The molecule has 0 heterocycles. The molecule has 0 aliphatic carbocycles. The highest BCUT2D eigenvalue weighted by molar-refractivity contribution is 5.95. The quantitative estimate of drug-likeness (QED) is 0.549. The van der Waals surface area contributed by atoms with Gasteiger partial charge in [0.25, 0.3) is 5.91 Å². The highest BCUT2D eigenvalue weighted by atomic mass is 16.5. The number of methoxy groups -OCH3 is 3. The summed E-state index contributed by atoms with van der Waals surface area (Å²) in [5.41, 5.74) is 0.490. The summed E-state index contributed by atoms with van der Waals surface area (Å²) >= 11 is 0. The first kappa shape index (κ1) is 22.8. The third kappa shape index (κ3) is 6.43. The fourth-order valence-corrected chi connectivity index (χ4v) is 2.84. The Morgan fingerprint density at radius 3 is 2.15 bits per heavy atom. The molecule has 1 unspecified atom stereocenters. The molecule has 0 spiro atoms. The van der Waals surface area contributed by atoms with Crippen LogP contribution in [0.2, 0.25) is 0 Å². The maximum Gasteiger partial charge on any atom is 0.310 e. The average molecular weight is 380 g/mol. The maximum atomic E-state index is 13.1. The van der Waals surface area contributed by atoms with Gasteiger partial charge in [-0.25, -0.2) is 0 Å². The van der Waals surface area contributed by atoms with Crippen LogP contribution in [0.5, 0.6) is 11.5 Å². The van der Waals surface area contributed by atoms with Gasteiger partial charge in [-0.1, -0.05) is 20.8 Å². The Morgan fingerprint density at radius 1 is 1.00 bits per heavy atom. The minimum absolute atomic E-state index is 0.154. The molecule has 0 N–H and O–H groups in total. The van der Waals surface area contributed by atoms with E-state index in [9.17, 15) is 9.59 Å². The first-order valence-electron chi connectivity index (χ1n) is 9.23. The number of nitrogens with zero attached hydrogens (tertiary/aromatic N) is 2. The molecule has 1 amide bonds. The van der Waals surface area contributed by atoms with Crippen molar-refractivity contribution in [2.75, 3.05) is 54.1 Å². The Labute approximate surface area is 162 Å². The summed E-state index contributed by atoms with van der Waals surface area (Å²) in [6, 6.07) is 5.07. The molecule has 0 saturated heterocycles. The molecule has 0 radical (unpaired) electrons. The fourth-order valence-electron chi connectivity index (χ4n) is 2.84. The largest absolute Gasteiger partial charge is 0.493 e. The summed E-state index contributed by atoms with van der Waals surface area (Å²) in [4.78, 5) is 28.9. The summed E-state index contributed by atoms with van der Waals surface area (Å²) in [6.45, 7) is 9.29. The Bertz CT molecular complexity index is 616. The molecule has 0 saturated carbocycles. The van der Waals surface area contributed by atoms with E-state index in [1.165, 1.54) is 14.2 Å². The first-order chi connectivity index (χ1) is 12.9. The molecule has 7 nitrogen and oxygen atoms in total. The van der Waals surface area contributed by atoms with Crippen LogP contribution in [0.25, 0.3) is 0 Å². The smallest absolute Gasteiger partial charge is 0.310 e. The van der Waals surface area contributed by atoms with Gasteiger partial charge in [-0.05, 0) is 31.3 Å². The number of esters is 1. The maximum absolute atomic E-state index is 13.1. The monoisotopic (exact) mass is 380 g/mol. The van der Waals surface area contributed by atoms with Gasteiger partial charge in [0.15, 0.2) is 11.5 Å². The van der Waals surface area contributed by atoms with Crippen LogP contribution in [0.15, 0.2) is 18.2 Å². The van der Waals surface area contributed by atoms with Crippen molar-refractivity contribution in [3.8, 4) is 11.5 Å². The van der Waals surface area contributed by atoms with Gasteiger partial charge in [-0.15, -0.1) is 0 Å². The Morgan fingerprint density at radius 2 is 1.63 bits per heavy atom. The Kier molecular flexibility index (Phi) is 9.64. The molecule has 1 aromatic carbocycles. The lowest BCUT2D eigenvalue weighted by atomic mass is 10.1. The lowest BCUT2D eigenvalue weighted by Crippen LogP contribution is -2.42. The van der Waals surface area contributed by atoms with Crippen molar-refractivity contribution in [3.05, 3.63) is 23.8 Å². The van der Waals surface area contributed by atoms with Crippen molar-refractivity contribution in [1.82, 2.24) is 9.80 Å². The standard InChI is InChI=1S/C20H32N2O5/c1-7-21(8-2)11-12-22(14-15(3)20(24)27-6)19(23)16-9-10-17(25-4)18(13-16)26-5/h9-10,13,15H,7-8,11-12,14H2,1-6H3. The van der Waals surface area contributed by atoms with Crippen molar-refractivity contribution in [2.45, 2.75) is 20.8 Å². The van der Waals surface area contributed by atoms with Crippen LogP contribution in [-0.2, 0) is 9.53 Å². The van der Waals surface area contributed by atoms with E-state index in [1.54, 1.807) is 37.1 Å². The molecule has 27 heavy (non-hydrogen) atoms. The van der Waals surface area contributed by atoms with E-state index in [1.807, 2.05) is 0 Å². The molecule has 1 rings (SSSR count). The molecule has 0 aromatic heterocycles. The van der Waals surface area contributed by atoms with Crippen LogP contribution < -0.4 is 9.47 Å². The lowest BCUT2D eigenvalue weighted by molar-refractivity contribution is -0.145. The average Bonchev–Trinajstić information content (AvgIpc) is 2.71. The molecule has 152 valence electrons. The van der Waals surface area contributed by atoms with E-state index in [2.05, 4.69) is 18.7 Å². The zero-order chi connectivity index (χ0) is 20.4. The summed E-state index contributed by atoms with van der Waals surface area (Å²) < 4.78 is 15.3. The number of rotatable bonds is 11. The van der Waals surface area contributed by atoms with Crippen LogP contribution in [0.1, 0.15) is 31.1 Å². The highest BCUT2D eigenvalue weighted by Crippen LogP contribution is 2.28. The summed E-state index contributed by atoms with van der Waals surface area (Å²) in [5.74, 6) is 0.164. The van der Waals surface area contributed by atoms with Gasteiger partial charge >= 0.3 is 5.97 Å². The SMILES string of the molecule is CCN(CC)CCN(CC(C)C(=O)OC)C(=O)c1ccc(OC)c(OC)c1. The minimum Gasteiger partial charge on any atom is -0.493 e. The second kappa shape index (κ2) is 11.4. The molecule has 0 aliphatic heterocycles. The molecule has 1 aromatic rings. The van der Waals surface area contributed by atoms with Crippen LogP contribution in [0, 0.1) is 5.92 Å². The molecule has 0 bridgehead atoms. The molecular formula is C20H32N2O5. The third-order valence-corrected chi connectivity index (χ3v) is 4.60. The number of ether oxygens (including phenoxy) is 3. The first-order valence-corrected chi connectivity index (χ1v) is 9.23. The number of hydrogen-bond donors (Lipinski definition) is 0. The predicted molar refractivity (Wildman–Crippen MR) is 104 cm³/mol. The van der Waals surface area contributed by atoms with Crippen LogP contribution in [-0.4, -0.2) is 75.7 Å². The second-order valence-electron chi connectivity index (χ2n) is 6.27. The van der Waals surface area contributed by atoms with Gasteiger partial charge in [0.1, 0.15) is 0 Å².